The molecule has 0 unspecified atom stereocenters. The predicted octanol–water partition coefficient (Wildman–Crippen LogP) is 4.35. The fraction of sp³-hybridized carbons (Fsp3) is 0.0714. The van der Waals surface area contributed by atoms with E-state index >= 15 is 0 Å². The third kappa shape index (κ3) is 3.16. The van der Waals surface area contributed by atoms with Gasteiger partial charge in [-0.15, -0.1) is 0 Å². The summed E-state index contributed by atoms with van der Waals surface area (Å²) in [6.07, 6.45) is 0. The lowest BCUT2D eigenvalue weighted by Crippen LogP contribution is -2.14. The summed E-state index contributed by atoms with van der Waals surface area (Å²) in [4.78, 5) is 12.3. The molecule has 2 aromatic carbocycles. The van der Waals surface area contributed by atoms with Crippen LogP contribution in [0, 0.1) is 6.92 Å². The first-order valence-corrected chi connectivity index (χ1v) is 7.19. The van der Waals surface area contributed by atoms with Gasteiger partial charge in [0.2, 0.25) is 0 Å². The molecule has 0 atom stereocenters. The van der Waals surface area contributed by atoms with Crippen LogP contribution in [0.15, 0.2) is 45.3 Å². The van der Waals surface area contributed by atoms with Crippen LogP contribution in [0.2, 0.25) is 0 Å². The highest BCUT2D eigenvalue weighted by Gasteiger charge is 2.12. The summed E-state index contributed by atoms with van der Waals surface area (Å²) < 4.78 is 1.70. The van der Waals surface area contributed by atoms with Crippen molar-refractivity contribution < 1.29 is 4.79 Å². The van der Waals surface area contributed by atoms with E-state index in [-0.39, 0.29) is 5.91 Å². The molecule has 98 valence electrons. The molecule has 0 saturated heterocycles. The summed E-state index contributed by atoms with van der Waals surface area (Å²) in [5, 5.41) is 2.85. The fourth-order valence-corrected chi connectivity index (χ4v) is 2.39. The maximum absolute atomic E-state index is 12.3. The summed E-state index contributed by atoms with van der Waals surface area (Å²) in [5.41, 5.74) is 8.51. The Balaban J connectivity index is 2.31. The van der Waals surface area contributed by atoms with Crippen molar-refractivity contribution in [2.45, 2.75) is 6.92 Å². The summed E-state index contributed by atoms with van der Waals surface area (Å²) in [5.74, 6) is -0.162. The molecule has 0 bridgehead atoms. The summed E-state index contributed by atoms with van der Waals surface area (Å²) >= 11 is 6.80. The average Bonchev–Trinajstić information content (AvgIpc) is 2.37. The molecule has 5 heteroatoms. The molecular formula is C14H12Br2N2O. The molecule has 2 rings (SSSR count). The Kier molecular flexibility index (Phi) is 4.27. The molecule has 0 radical (unpaired) electrons. The number of halogens is 2. The summed E-state index contributed by atoms with van der Waals surface area (Å²) in [6.45, 7) is 1.90. The SMILES string of the molecule is Cc1c(Br)cccc1C(=O)Nc1cc(N)ccc1Br. The second-order valence-corrected chi connectivity index (χ2v) is 5.81. The molecule has 3 nitrogen and oxygen atoms in total. The molecular weight excluding hydrogens is 372 g/mol. The normalized spacial score (nSPS) is 10.3. The highest BCUT2D eigenvalue weighted by molar-refractivity contribution is 9.10. The zero-order valence-corrected chi connectivity index (χ0v) is 13.4. The van der Waals surface area contributed by atoms with Crippen molar-refractivity contribution in [3.05, 3.63) is 56.5 Å². The second-order valence-electron chi connectivity index (χ2n) is 4.11. The Morgan fingerprint density at radius 3 is 2.63 bits per heavy atom. The van der Waals surface area contributed by atoms with Gasteiger partial charge in [-0.25, -0.2) is 0 Å². The molecule has 0 aliphatic carbocycles. The first-order valence-electron chi connectivity index (χ1n) is 5.60. The van der Waals surface area contributed by atoms with Crippen LogP contribution >= 0.6 is 31.9 Å². The minimum atomic E-state index is -0.162. The predicted molar refractivity (Wildman–Crippen MR) is 85.4 cm³/mol. The maximum Gasteiger partial charge on any atom is 0.256 e. The number of nitrogen functional groups attached to an aromatic ring is 1. The van der Waals surface area contributed by atoms with Crippen LogP contribution in [-0.2, 0) is 0 Å². The Morgan fingerprint density at radius 1 is 1.16 bits per heavy atom. The number of nitrogens with one attached hydrogen (secondary N) is 1. The third-order valence-electron chi connectivity index (χ3n) is 2.75. The van der Waals surface area contributed by atoms with Crippen LogP contribution in [0.4, 0.5) is 11.4 Å². The van der Waals surface area contributed by atoms with Gasteiger partial charge < -0.3 is 11.1 Å². The number of amides is 1. The van der Waals surface area contributed by atoms with Crippen molar-refractivity contribution in [1.29, 1.82) is 0 Å². The lowest BCUT2D eigenvalue weighted by molar-refractivity contribution is 0.102. The molecule has 0 spiro atoms. The maximum atomic E-state index is 12.3. The molecule has 19 heavy (non-hydrogen) atoms. The van der Waals surface area contributed by atoms with Gasteiger partial charge in [0.05, 0.1) is 5.69 Å². The second kappa shape index (κ2) is 5.75. The first-order chi connectivity index (χ1) is 8.99. The summed E-state index contributed by atoms with van der Waals surface area (Å²) in [6, 6.07) is 10.8. The minimum absolute atomic E-state index is 0.162. The first kappa shape index (κ1) is 14.1. The van der Waals surface area contributed by atoms with E-state index in [0.29, 0.717) is 16.9 Å². The van der Waals surface area contributed by atoms with Gasteiger partial charge >= 0.3 is 0 Å². The number of benzene rings is 2. The van der Waals surface area contributed by atoms with E-state index in [1.165, 1.54) is 0 Å². The third-order valence-corrected chi connectivity index (χ3v) is 4.30. The van der Waals surface area contributed by atoms with Crippen LogP contribution in [0.3, 0.4) is 0 Å². The van der Waals surface area contributed by atoms with Crippen LogP contribution < -0.4 is 11.1 Å². The van der Waals surface area contributed by atoms with Gasteiger partial charge in [0.15, 0.2) is 0 Å². The lowest BCUT2D eigenvalue weighted by atomic mass is 10.1. The van der Waals surface area contributed by atoms with Gasteiger partial charge in [-0.05, 0) is 58.7 Å². The number of anilines is 2. The average molecular weight is 384 g/mol. The van der Waals surface area contributed by atoms with Gasteiger partial charge in [0.1, 0.15) is 0 Å². The van der Waals surface area contributed by atoms with E-state index in [1.54, 1.807) is 24.3 Å². The van der Waals surface area contributed by atoms with Crippen LogP contribution in [-0.4, -0.2) is 5.91 Å². The van der Waals surface area contributed by atoms with E-state index in [2.05, 4.69) is 37.2 Å². The van der Waals surface area contributed by atoms with Crippen LogP contribution in [0.25, 0.3) is 0 Å². The number of carbonyl (C=O) groups excluding carboxylic acids is 1. The highest BCUT2D eigenvalue weighted by atomic mass is 79.9. The van der Waals surface area contributed by atoms with Gasteiger partial charge in [-0.1, -0.05) is 22.0 Å². The molecule has 0 heterocycles. The summed E-state index contributed by atoms with van der Waals surface area (Å²) in [7, 11) is 0. The molecule has 0 aliphatic heterocycles. The van der Waals surface area contributed by atoms with E-state index in [0.717, 1.165) is 14.5 Å². The van der Waals surface area contributed by atoms with Crippen LogP contribution in [0.1, 0.15) is 15.9 Å². The van der Waals surface area contributed by atoms with Crippen molar-refractivity contribution in [1.82, 2.24) is 0 Å². The van der Waals surface area contributed by atoms with Crippen molar-refractivity contribution in [2.75, 3.05) is 11.1 Å². The van der Waals surface area contributed by atoms with Crippen molar-refractivity contribution in [2.24, 2.45) is 0 Å². The number of hydrogen-bond donors (Lipinski definition) is 2. The zero-order chi connectivity index (χ0) is 14.0. The molecule has 3 N–H and O–H groups in total. The molecule has 0 aromatic heterocycles. The van der Waals surface area contributed by atoms with Crippen molar-refractivity contribution in [3.63, 3.8) is 0 Å². The monoisotopic (exact) mass is 382 g/mol. The molecule has 0 fully saturated rings. The molecule has 2 aromatic rings. The van der Waals surface area contributed by atoms with Gasteiger partial charge in [0.25, 0.3) is 5.91 Å². The highest BCUT2D eigenvalue weighted by Crippen LogP contribution is 2.26. The minimum Gasteiger partial charge on any atom is -0.399 e. The number of nitrogens with two attached hydrogens (primary N) is 1. The number of carbonyl (C=O) groups is 1. The van der Waals surface area contributed by atoms with E-state index < -0.39 is 0 Å². The largest absolute Gasteiger partial charge is 0.399 e. The molecule has 1 amide bonds. The Hall–Kier alpha value is -1.33. The molecule has 0 saturated carbocycles. The van der Waals surface area contributed by atoms with Crippen LogP contribution in [0.5, 0.6) is 0 Å². The quantitative estimate of drug-likeness (QED) is 0.757. The topological polar surface area (TPSA) is 55.1 Å². The number of rotatable bonds is 2. The number of hydrogen-bond acceptors (Lipinski definition) is 2. The van der Waals surface area contributed by atoms with E-state index in [1.807, 2.05) is 19.1 Å². The van der Waals surface area contributed by atoms with E-state index in [4.69, 9.17) is 5.73 Å². The Labute approximate surface area is 128 Å². The standard InChI is InChI=1S/C14H12Br2N2O/c1-8-10(3-2-4-11(8)15)14(19)18-13-7-9(17)5-6-12(13)16/h2-7H,17H2,1H3,(H,18,19). The van der Waals surface area contributed by atoms with Crippen molar-refractivity contribution >= 4 is 49.1 Å². The lowest BCUT2D eigenvalue weighted by Gasteiger charge is -2.10. The van der Waals surface area contributed by atoms with Crippen molar-refractivity contribution in [3.8, 4) is 0 Å². The fourth-order valence-electron chi connectivity index (χ4n) is 1.68. The van der Waals surface area contributed by atoms with E-state index in [9.17, 15) is 4.79 Å². The molecule has 0 aliphatic rings. The zero-order valence-electron chi connectivity index (χ0n) is 10.2. The smallest absolute Gasteiger partial charge is 0.256 e. The Morgan fingerprint density at radius 2 is 1.89 bits per heavy atom. The van der Waals surface area contributed by atoms with Gasteiger partial charge in [0, 0.05) is 20.2 Å². The van der Waals surface area contributed by atoms with Gasteiger partial charge in [-0.3, -0.25) is 4.79 Å². The Bertz CT molecular complexity index is 641. The van der Waals surface area contributed by atoms with Gasteiger partial charge in [-0.2, -0.15) is 0 Å².